The maximum atomic E-state index is 12.1. The van der Waals surface area contributed by atoms with E-state index in [4.69, 9.17) is 10.8 Å². The summed E-state index contributed by atoms with van der Waals surface area (Å²) in [5, 5.41) is 8.73. The van der Waals surface area contributed by atoms with Crippen molar-refractivity contribution in [1.29, 1.82) is 0 Å². The van der Waals surface area contributed by atoms with Gasteiger partial charge in [0.25, 0.3) is 0 Å². The molecule has 0 saturated carbocycles. The number of hydrogen-bond acceptors (Lipinski definition) is 3. The Bertz CT molecular complexity index is 514. The molecule has 0 amide bonds. The van der Waals surface area contributed by atoms with Gasteiger partial charge in [0.1, 0.15) is 11.3 Å². The topological polar surface area (TPSA) is 72.6 Å². The molecule has 7 heteroatoms. The Hall–Kier alpha value is -2.20. The minimum atomic E-state index is -4.97. The van der Waals surface area contributed by atoms with E-state index in [0.717, 1.165) is 12.1 Å². The van der Waals surface area contributed by atoms with E-state index in [0.29, 0.717) is 0 Å². The first-order chi connectivity index (χ1) is 8.33. The average molecular weight is 259 g/mol. The van der Waals surface area contributed by atoms with Crippen molar-refractivity contribution < 1.29 is 27.8 Å². The largest absolute Gasteiger partial charge is 0.573 e. The number of carboxylic acid groups (broad SMARTS) is 1. The summed E-state index contributed by atoms with van der Waals surface area (Å²) in [6, 6.07) is 3.17. The zero-order valence-corrected chi connectivity index (χ0v) is 8.91. The number of hydrogen-bond donors (Lipinski definition) is 2. The van der Waals surface area contributed by atoms with Crippen LogP contribution in [-0.4, -0.2) is 24.0 Å². The van der Waals surface area contributed by atoms with Crippen LogP contribution in [0, 0.1) is 11.8 Å². The zero-order chi connectivity index (χ0) is 13.8. The van der Waals surface area contributed by atoms with E-state index in [-0.39, 0.29) is 12.1 Å². The highest BCUT2D eigenvalue weighted by atomic mass is 19.4. The number of halogens is 3. The maximum Gasteiger partial charge on any atom is 0.573 e. The van der Waals surface area contributed by atoms with Crippen LogP contribution < -0.4 is 10.5 Å². The molecule has 0 spiro atoms. The molecule has 0 atom stereocenters. The first-order valence-corrected chi connectivity index (χ1v) is 4.65. The number of rotatable bonds is 2. The second-order valence-corrected chi connectivity index (χ2v) is 3.07. The van der Waals surface area contributed by atoms with Gasteiger partial charge in [-0.2, -0.15) is 0 Å². The lowest BCUT2D eigenvalue weighted by Gasteiger charge is -2.11. The summed E-state index contributed by atoms with van der Waals surface area (Å²) in [4.78, 5) is 10.7. The highest BCUT2D eigenvalue weighted by Gasteiger charge is 2.33. The van der Waals surface area contributed by atoms with Crippen molar-refractivity contribution in [3.05, 3.63) is 29.3 Å². The summed E-state index contributed by atoms with van der Waals surface area (Å²) in [6.07, 6.45) is -4.97. The zero-order valence-electron chi connectivity index (χ0n) is 8.91. The molecule has 0 aromatic heterocycles. The van der Waals surface area contributed by atoms with Crippen LogP contribution in [0.25, 0.3) is 0 Å². The molecule has 0 bridgehead atoms. The first-order valence-electron chi connectivity index (χ1n) is 4.65. The minimum absolute atomic E-state index is 0.0378. The quantitative estimate of drug-likeness (QED) is 0.791. The van der Waals surface area contributed by atoms with E-state index >= 15 is 0 Å². The van der Waals surface area contributed by atoms with Crippen molar-refractivity contribution in [2.75, 3.05) is 6.54 Å². The van der Waals surface area contributed by atoms with E-state index in [2.05, 4.69) is 16.6 Å². The van der Waals surface area contributed by atoms with Crippen molar-refractivity contribution in [3.8, 4) is 17.6 Å². The third-order valence-corrected chi connectivity index (χ3v) is 1.77. The highest BCUT2D eigenvalue weighted by molar-refractivity contribution is 5.91. The van der Waals surface area contributed by atoms with E-state index < -0.39 is 23.6 Å². The molecule has 0 aliphatic heterocycles. The van der Waals surface area contributed by atoms with Crippen LogP contribution >= 0.6 is 0 Å². The van der Waals surface area contributed by atoms with Crippen molar-refractivity contribution in [2.45, 2.75) is 6.36 Å². The van der Waals surface area contributed by atoms with Gasteiger partial charge < -0.3 is 15.6 Å². The Morgan fingerprint density at radius 2 is 2.11 bits per heavy atom. The normalized spacial score (nSPS) is 10.4. The van der Waals surface area contributed by atoms with Crippen molar-refractivity contribution in [2.24, 2.45) is 5.73 Å². The van der Waals surface area contributed by atoms with Gasteiger partial charge in [-0.1, -0.05) is 11.8 Å². The van der Waals surface area contributed by atoms with Gasteiger partial charge in [0.15, 0.2) is 0 Å². The van der Waals surface area contributed by atoms with Gasteiger partial charge in [0.05, 0.1) is 6.54 Å². The van der Waals surface area contributed by atoms with Gasteiger partial charge in [-0.3, -0.25) is 0 Å². The molecule has 4 nitrogen and oxygen atoms in total. The Labute approximate surface area is 100 Å². The molecular formula is C11H8F3NO3. The van der Waals surface area contributed by atoms with Crippen molar-refractivity contribution in [3.63, 3.8) is 0 Å². The number of aromatic carboxylic acids is 1. The van der Waals surface area contributed by atoms with Crippen LogP contribution in [0.4, 0.5) is 13.2 Å². The lowest BCUT2D eigenvalue weighted by molar-refractivity contribution is -0.274. The molecule has 96 valence electrons. The van der Waals surface area contributed by atoms with Crippen LogP contribution in [0.3, 0.4) is 0 Å². The molecule has 3 N–H and O–H groups in total. The second-order valence-electron chi connectivity index (χ2n) is 3.07. The lowest BCUT2D eigenvalue weighted by atomic mass is 10.1. The third kappa shape index (κ3) is 3.99. The third-order valence-electron chi connectivity index (χ3n) is 1.77. The van der Waals surface area contributed by atoms with Crippen molar-refractivity contribution >= 4 is 5.97 Å². The Kier molecular flexibility index (Phi) is 4.18. The molecule has 0 fully saturated rings. The van der Waals surface area contributed by atoms with Gasteiger partial charge in [-0.25, -0.2) is 4.79 Å². The van der Waals surface area contributed by atoms with Crippen LogP contribution in [0.1, 0.15) is 15.9 Å². The van der Waals surface area contributed by atoms with Crippen LogP contribution in [0.5, 0.6) is 5.75 Å². The van der Waals surface area contributed by atoms with Gasteiger partial charge in [0.2, 0.25) is 0 Å². The number of carbonyl (C=O) groups is 1. The summed E-state index contributed by atoms with van der Waals surface area (Å²) in [6.45, 7) is 0.0378. The van der Waals surface area contributed by atoms with E-state index in [1.54, 1.807) is 0 Å². The molecule has 0 unspecified atom stereocenters. The molecule has 0 aliphatic carbocycles. The first kappa shape index (κ1) is 13.9. The lowest BCUT2D eigenvalue weighted by Crippen LogP contribution is -2.19. The van der Waals surface area contributed by atoms with Crippen LogP contribution in [0.15, 0.2) is 18.2 Å². The highest BCUT2D eigenvalue weighted by Crippen LogP contribution is 2.27. The SMILES string of the molecule is NCC#Cc1ccc(C(=O)O)c(OC(F)(F)F)c1. The van der Waals surface area contributed by atoms with Crippen LogP contribution in [-0.2, 0) is 0 Å². The van der Waals surface area contributed by atoms with E-state index in [1.807, 2.05) is 0 Å². The number of carboxylic acids is 1. The van der Waals surface area contributed by atoms with Crippen LogP contribution in [0.2, 0.25) is 0 Å². The van der Waals surface area contributed by atoms with E-state index in [9.17, 15) is 18.0 Å². The molecule has 1 aromatic carbocycles. The Morgan fingerprint density at radius 3 is 2.61 bits per heavy atom. The predicted octanol–water partition coefficient (Wildman–Crippen LogP) is 1.59. The summed E-state index contributed by atoms with van der Waals surface area (Å²) in [5.74, 6) is 2.59. The van der Waals surface area contributed by atoms with Gasteiger partial charge >= 0.3 is 12.3 Å². The number of benzene rings is 1. The molecule has 1 aromatic rings. The molecule has 0 aliphatic rings. The maximum absolute atomic E-state index is 12.1. The standard InChI is InChI=1S/C11H8F3NO3/c12-11(13,14)18-9-6-7(2-1-5-15)3-4-8(9)10(16)17/h3-4,6H,5,15H2,(H,16,17). The fourth-order valence-corrected chi connectivity index (χ4v) is 1.14. The number of nitrogens with two attached hydrogens (primary N) is 1. The molecule has 0 heterocycles. The molecule has 0 radical (unpaired) electrons. The molecule has 0 saturated heterocycles. The molecular weight excluding hydrogens is 251 g/mol. The number of alkyl halides is 3. The van der Waals surface area contributed by atoms with Crippen molar-refractivity contribution in [1.82, 2.24) is 0 Å². The summed E-state index contributed by atoms with van der Waals surface area (Å²) in [7, 11) is 0. The Morgan fingerprint density at radius 1 is 1.44 bits per heavy atom. The fourth-order valence-electron chi connectivity index (χ4n) is 1.14. The monoisotopic (exact) mass is 259 g/mol. The van der Waals surface area contributed by atoms with Gasteiger partial charge in [-0.05, 0) is 18.2 Å². The second kappa shape index (κ2) is 5.42. The van der Waals surface area contributed by atoms with E-state index in [1.165, 1.54) is 6.07 Å². The predicted molar refractivity (Wildman–Crippen MR) is 56.0 cm³/mol. The average Bonchev–Trinajstić information content (AvgIpc) is 2.23. The summed E-state index contributed by atoms with van der Waals surface area (Å²) < 4.78 is 39.9. The Balaban J connectivity index is 3.20. The van der Waals surface area contributed by atoms with Gasteiger partial charge in [0, 0.05) is 5.56 Å². The summed E-state index contributed by atoms with van der Waals surface area (Å²) in [5.41, 5.74) is 4.71. The minimum Gasteiger partial charge on any atom is -0.478 e. The molecule has 1 rings (SSSR count). The summed E-state index contributed by atoms with van der Waals surface area (Å²) >= 11 is 0. The molecule has 18 heavy (non-hydrogen) atoms. The smallest absolute Gasteiger partial charge is 0.478 e. The fraction of sp³-hybridized carbons (Fsp3) is 0.182. The van der Waals surface area contributed by atoms with Gasteiger partial charge in [-0.15, -0.1) is 13.2 Å². The number of ether oxygens (including phenoxy) is 1.